The van der Waals surface area contributed by atoms with Gasteiger partial charge in [0, 0.05) is 30.7 Å². The van der Waals surface area contributed by atoms with Crippen molar-refractivity contribution in [1.29, 1.82) is 0 Å². The molecule has 0 aliphatic heterocycles. The highest BCUT2D eigenvalue weighted by Gasteiger charge is 2.21. The van der Waals surface area contributed by atoms with Gasteiger partial charge in [0.05, 0.1) is 13.7 Å². The van der Waals surface area contributed by atoms with Crippen molar-refractivity contribution in [2.45, 2.75) is 19.6 Å². The number of halogens is 1. The van der Waals surface area contributed by atoms with E-state index in [0.717, 1.165) is 0 Å². The number of rotatable bonds is 5. The predicted octanol–water partition coefficient (Wildman–Crippen LogP) is 1.70. The van der Waals surface area contributed by atoms with Gasteiger partial charge < -0.3 is 19.5 Å². The van der Waals surface area contributed by atoms with Crippen LogP contribution in [0.4, 0.5) is 0 Å². The molecule has 106 valence electrons. The number of likely N-dealkylation sites (N-methyl/N-ethyl adjacent to an activating group) is 1. The minimum Gasteiger partial charge on any atom is -0.493 e. The van der Waals surface area contributed by atoms with Gasteiger partial charge in [-0.2, -0.15) is 0 Å². The van der Waals surface area contributed by atoms with Crippen molar-refractivity contribution in [2.75, 3.05) is 21.2 Å². The SMILES string of the molecule is COc1cc(Cl)cc(CO)c1OC(C)C(=O)N(C)C. The van der Waals surface area contributed by atoms with E-state index in [1.165, 1.54) is 12.0 Å². The molecular formula is C13H18ClNO4. The number of methoxy groups -OCH3 is 1. The Morgan fingerprint density at radius 2 is 2.11 bits per heavy atom. The third-order valence-electron chi connectivity index (χ3n) is 2.57. The van der Waals surface area contributed by atoms with E-state index in [2.05, 4.69) is 0 Å². The van der Waals surface area contributed by atoms with Crippen LogP contribution < -0.4 is 9.47 Å². The average molecular weight is 288 g/mol. The lowest BCUT2D eigenvalue weighted by Gasteiger charge is -2.21. The standard InChI is InChI=1S/C13H18ClNO4/c1-8(13(17)15(2)3)19-12-9(7-16)5-10(14)6-11(12)18-4/h5-6,8,16H,7H2,1-4H3. The van der Waals surface area contributed by atoms with Crippen LogP contribution in [0.3, 0.4) is 0 Å². The smallest absolute Gasteiger partial charge is 0.262 e. The van der Waals surface area contributed by atoms with Crippen molar-refractivity contribution in [3.8, 4) is 11.5 Å². The second-order valence-electron chi connectivity index (χ2n) is 4.25. The molecule has 6 heteroatoms. The van der Waals surface area contributed by atoms with Gasteiger partial charge in [0.2, 0.25) is 0 Å². The summed E-state index contributed by atoms with van der Waals surface area (Å²) in [5, 5.41) is 9.76. The van der Waals surface area contributed by atoms with Crippen molar-refractivity contribution in [2.24, 2.45) is 0 Å². The molecule has 0 aromatic heterocycles. The Bertz CT molecular complexity index is 437. The van der Waals surface area contributed by atoms with E-state index >= 15 is 0 Å². The fraction of sp³-hybridized carbons (Fsp3) is 0.462. The molecule has 1 aromatic carbocycles. The molecule has 1 amide bonds. The van der Waals surface area contributed by atoms with Gasteiger partial charge in [0.1, 0.15) is 0 Å². The lowest BCUT2D eigenvalue weighted by molar-refractivity contribution is -0.135. The van der Waals surface area contributed by atoms with Crippen LogP contribution in [0.5, 0.6) is 11.5 Å². The van der Waals surface area contributed by atoms with E-state index in [9.17, 15) is 9.90 Å². The summed E-state index contributed by atoms with van der Waals surface area (Å²) in [5.41, 5.74) is 0.475. The highest BCUT2D eigenvalue weighted by atomic mass is 35.5. The van der Waals surface area contributed by atoms with Crippen molar-refractivity contribution in [1.82, 2.24) is 4.90 Å². The molecule has 0 saturated heterocycles. The minimum atomic E-state index is -0.685. The number of carbonyl (C=O) groups is 1. The Kier molecular flexibility index (Phi) is 5.44. The van der Waals surface area contributed by atoms with Crippen LogP contribution in [0, 0.1) is 0 Å². The first-order valence-corrected chi connectivity index (χ1v) is 6.13. The molecule has 5 nitrogen and oxygen atoms in total. The highest BCUT2D eigenvalue weighted by molar-refractivity contribution is 6.30. The molecule has 1 aromatic rings. The third-order valence-corrected chi connectivity index (χ3v) is 2.79. The molecule has 0 aliphatic carbocycles. The largest absolute Gasteiger partial charge is 0.493 e. The molecule has 1 unspecified atom stereocenters. The number of aliphatic hydroxyl groups excluding tert-OH is 1. The lowest BCUT2D eigenvalue weighted by atomic mass is 10.2. The second-order valence-corrected chi connectivity index (χ2v) is 4.68. The second kappa shape index (κ2) is 6.63. The van der Waals surface area contributed by atoms with E-state index in [4.69, 9.17) is 21.1 Å². The van der Waals surface area contributed by atoms with Gasteiger partial charge >= 0.3 is 0 Å². The van der Waals surface area contributed by atoms with Crippen molar-refractivity contribution >= 4 is 17.5 Å². The Labute approximate surface area is 117 Å². The predicted molar refractivity (Wildman–Crippen MR) is 72.7 cm³/mol. The van der Waals surface area contributed by atoms with Gasteiger partial charge in [-0.3, -0.25) is 4.79 Å². The van der Waals surface area contributed by atoms with Gasteiger partial charge in [0.15, 0.2) is 17.6 Å². The van der Waals surface area contributed by atoms with Crippen LogP contribution in [0.25, 0.3) is 0 Å². The molecular weight excluding hydrogens is 270 g/mol. The van der Waals surface area contributed by atoms with Gasteiger partial charge in [-0.05, 0) is 13.0 Å². The molecule has 0 fully saturated rings. The molecule has 0 radical (unpaired) electrons. The number of ether oxygens (including phenoxy) is 2. The quantitative estimate of drug-likeness (QED) is 0.895. The molecule has 1 N–H and O–H groups in total. The topological polar surface area (TPSA) is 59.0 Å². The summed E-state index contributed by atoms with van der Waals surface area (Å²) in [6.07, 6.45) is -0.685. The first kappa shape index (κ1) is 15.6. The van der Waals surface area contributed by atoms with Crippen LogP contribution in [0.15, 0.2) is 12.1 Å². The molecule has 1 atom stereocenters. The molecule has 19 heavy (non-hydrogen) atoms. The summed E-state index contributed by atoms with van der Waals surface area (Å²) in [6, 6.07) is 3.15. The molecule has 0 heterocycles. The third kappa shape index (κ3) is 3.75. The Hall–Kier alpha value is -1.46. The van der Waals surface area contributed by atoms with Gasteiger partial charge in [-0.15, -0.1) is 0 Å². The summed E-state index contributed by atoms with van der Waals surface area (Å²) >= 11 is 5.91. The average Bonchev–Trinajstić information content (AvgIpc) is 2.38. The van der Waals surface area contributed by atoms with Crippen molar-refractivity contribution < 1.29 is 19.4 Å². The fourth-order valence-corrected chi connectivity index (χ4v) is 1.85. The van der Waals surface area contributed by atoms with Gasteiger partial charge in [0.25, 0.3) is 5.91 Å². The van der Waals surface area contributed by atoms with Crippen LogP contribution in [-0.2, 0) is 11.4 Å². The number of nitrogens with zero attached hydrogens (tertiary/aromatic N) is 1. The van der Waals surface area contributed by atoms with Gasteiger partial charge in [-0.1, -0.05) is 11.6 Å². The van der Waals surface area contributed by atoms with Crippen LogP contribution in [0.1, 0.15) is 12.5 Å². The molecule has 1 rings (SSSR count). The van der Waals surface area contributed by atoms with E-state index < -0.39 is 6.10 Å². The molecule has 0 aliphatic rings. The monoisotopic (exact) mass is 287 g/mol. The zero-order chi connectivity index (χ0) is 14.6. The fourth-order valence-electron chi connectivity index (χ4n) is 1.62. The van der Waals surface area contributed by atoms with Crippen molar-refractivity contribution in [3.63, 3.8) is 0 Å². The van der Waals surface area contributed by atoms with Crippen LogP contribution in [0.2, 0.25) is 5.02 Å². The molecule has 0 bridgehead atoms. The Balaban J connectivity index is 3.08. The van der Waals surface area contributed by atoms with Crippen molar-refractivity contribution in [3.05, 3.63) is 22.7 Å². The lowest BCUT2D eigenvalue weighted by Crippen LogP contribution is -2.35. The number of carbonyl (C=O) groups excluding carboxylic acids is 1. The number of hydrogen-bond donors (Lipinski definition) is 1. The zero-order valence-electron chi connectivity index (χ0n) is 11.4. The van der Waals surface area contributed by atoms with E-state index in [-0.39, 0.29) is 12.5 Å². The van der Waals surface area contributed by atoms with E-state index in [1.807, 2.05) is 0 Å². The summed E-state index contributed by atoms with van der Waals surface area (Å²) in [7, 11) is 4.76. The maximum absolute atomic E-state index is 11.8. The molecule has 0 saturated carbocycles. The summed E-state index contributed by atoms with van der Waals surface area (Å²) < 4.78 is 10.8. The van der Waals surface area contributed by atoms with Crippen LogP contribution >= 0.6 is 11.6 Å². The highest BCUT2D eigenvalue weighted by Crippen LogP contribution is 2.35. The van der Waals surface area contributed by atoms with Gasteiger partial charge in [-0.25, -0.2) is 0 Å². The Morgan fingerprint density at radius 3 is 2.58 bits per heavy atom. The number of benzene rings is 1. The van der Waals surface area contributed by atoms with Crippen LogP contribution in [-0.4, -0.2) is 43.2 Å². The number of hydrogen-bond acceptors (Lipinski definition) is 4. The first-order valence-electron chi connectivity index (χ1n) is 5.75. The minimum absolute atomic E-state index is 0.180. The maximum Gasteiger partial charge on any atom is 0.262 e. The van der Waals surface area contributed by atoms with E-state index in [1.54, 1.807) is 33.2 Å². The summed E-state index contributed by atoms with van der Waals surface area (Å²) in [6.45, 7) is 1.38. The zero-order valence-corrected chi connectivity index (χ0v) is 12.2. The summed E-state index contributed by atoms with van der Waals surface area (Å²) in [4.78, 5) is 13.2. The number of aliphatic hydroxyl groups is 1. The first-order chi connectivity index (χ1) is 8.90. The normalized spacial score (nSPS) is 11.9. The van der Waals surface area contributed by atoms with E-state index in [0.29, 0.717) is 22.1 Å². The Morgan fingerprint density at radius 1 is 1.47 bits per heavy atom. The summed E-state index contributed by atoms with van der Waals surface area (Å²) in [5.74, 6) is 0.535. The maximum atomic E-state index is 11.8. The molecule has 0 spiro atoms. The number of amides is 1.